The topological polar surface area (TPSA) is 96.3 Å². The van der Waals surface area contributed by atoms with Crippen LogP contribution >= 0.6 is 0 Å². The Hall–Kier alpha value is -4.01. The fourth-order valence-electron chi connectivity index (χ4n) is 4.04. The minimum atomic E-state index is -1.21. The first-order valence-electron chi connectivity index (χ1n) is 11.5. The highest BCUT2D eigenvalue weighted by Crippen LogP contribution is 2.26. The number of benzene rings is 2. The zero-order valence-corrected chi connectivity index (χ0v) is 19.8. The molecule has 182 valence electrons. The summed E-state index contributed by atoms with van der Waals surface area (Å²) in [5.74, 6) is -1.48. The van der Waals surface area contributed by atoms with Crippen LogP contribution in [0.2, 0.25) is 0 Å². The molecule has 0 saturated carbocycles. The molecule has 1 aliphatic heterocycles. The molecule has 1 atom stereocenters. The van der Waals surface area contributed by atoms with Crippen LogP contribution in [-0.4, -0.2) is 51.5 Å². The van der Waals surface area contributed by atoms with E-state index >= 15 is 0 Å². The average molecular weight is 478 g/mol. The van der Waals surface area contributed by atoms with E-state index in [2.05, 4.69) is 15.7 Å². The Kier molecular flexibility index (Phi) is 6.95. The second-order valence-electron chi connectivity index (χ2n) is 8.86. The monoisotopic (exact) mass is 477 g/mol. The number of likely N-dealkylation sites (N-methyl/N-ethyl adjacent to an activating group) is 1. The van der Waals surface area contributed by atoms with Crippen LogP contribution in [-0.2, 0) is 24.3 Å². The van der Waals surface area contributed by atoms with Crippen LogP contribution in [0, 0.1) is 5.82 Å². The number of carbonyl (C=O) groups is 3. The molecule has 9 heteroatoms. The van der Waals surface area contributed by atoms with Gasteiger partial charge in [-0.05, 0) is 43.0 Å². The van der Waals surface area contributed by atoms with Crippen molar-refractivity contribution in [2.45, 2.75) is 38.4 Å². The number of fused-ring (bicyclic) bond motifs is 1. The smallest absolute Gasteiger partial charge is 0.272 e. The molecule has 2 aromatic carbocycles. The third kappa shape index (κ3) is 5.24. The molecule has 0 spiro atoms. The molecule has 0 bridgehead atoms. The van der Waals surface area contributed by atoms with Crippen LogP contribution in [0.15, 0.2) is 60.7 Å². The lowest BCUT2D eigenvalue weighted by Gasteiger charge is -2.40. The van der Waals surface area contributed by atoms with E-state index in [1.165, 1.54) is 33.3 Å². The van der Waals surface area contributed by atoms with Gasteiger partial charge in [-0.3, -0.25) is 19.1 Å². The maximum absolute atomic E-state index is 13.1. The maximum atomic E-state index is 13.1. The molecule has 0 saturated heterocycles. The molecule has 0 aliphatic carbocycles. The fraction of sp³-hybridized carbons (Fsp3) is 0.308. The number of aryl methyl sites for hydroxylation is 1. The van der Waals surface area contributed by atoms with Gasteiger partial charge in [-0.1, -0.05) is 42.5 Å². The Morgan fingerprint density at radius 2 is 1.77 bits per heavy atom. The van der Waals surface area contributed by atoms with Crippen molar-refractivity contribution in [3.05, 3.63) is 89.0 Å². The summed E-state index contributed by atoms with van der Waals surface area (Å²) in [6.07, 6.45) is 1.62. The number of rotatable bonds is 8. The Balaban J connectivity index is 1.38. The van der Waals surface area contributed by atoms with E-state index in [-0.39, 0.29) is 42.1 Å². The third-order valence-corrected chi connectivity index (χ3v) is 6.36. The molecule has 3 amide bonds. The summed E-state index contributed by atoms with van der Waals surface area (Å²) in [4.78, 5) is 40.1. The highest BCUT2D eigenvalue weighted by Gasteiger charge is 2.46. The van der Waals surface area contributed by atoms with Crippen molar-refractivity contribution in [1.29, 1.82) is 0 Å². The number of carbonyl (C=O) groups excluding carboxylic acids is 3. The van der Waals surface area contributed by atoms with Gasteiger partial charge in [0.15, 0.2) is 5.69 Å². The van der Waals surface area contributed by atoms with E-state index in [0.717, 1.165) is 18.4 Å². The first-order valence-corrected chi connectivity index (χ1v) is 11.5. The van der Waals surface area contributed by atoms with Crippen LogP contribution in [0.25, 0.3) is 0 Å². The van der Waals surface area contributed by atoms with Crippen LogP contribution in [0.4, 0.5) is 4.39 Å². The van der Waals surface area contributed by atoms with Gasteiger partial charge in [0.25, 0.3) is 11.8 Å². The van der Waals surface area contributed by atoms with Gasteiger partial charge in [0, 0.05) is 26.2 Å². The van der Waals surface area contributed by atoms with Gasteiger partial charge in [0.2, 0.25) is 5.91 Å². The zero-order chi connectivity index (χ0) is 25.0. The Morgan fingerprint density at radius 1 is 1.06 bits per heavy atom. The summed E-state index contributed by atoms with van der Waals surface area (Å²) < 4.78 is 14.5. The van der Waals surface area contributed by atoms with Crippen LogP contribution in [0.5, 0.6) is 0 Å². The third-order valence-electron chi connectivity index (χ3n) is 6.36. The predicted molar refractivity (Wildman–Crippen MR) is 128 cm³/mol. The van der Waals surface area contributed by atoms with E-state index in [1.54, 1.807) is 26.1 Å². The summed E-state index contributed by atoms with van der Waals surface area (Å²) in [6, 6.07) is 17.3. The second kappa shape index (κ2) is 10.1. The molecule has 35 heavy (non-hydrogen) atoms. The van der Waals surface area contributed by atoms with Crippen molar-refractivity contribution in [3.63, 3.8) is 0 Å². The lowest BCUT2D eigenvalue weighted by atomic mass is 9.96. The number of halogens is 1. The van der Waals surface area contributed by atoms with Gasteiger partial charge in [-0.15, -0.1) is 0 Å². The average Bonchev–Trinajstić information content (AvgIpc) is 3.29. The number of hydrogen-bond acceptors (Lipinski definition) is 4. The van der Waals surface area contributed by atoms with E-state index in [0.29, 0.717) is 6.54 Å². The molecule has 2 heterocycles. The molecular weight excluding hydrogens is 449 g/mol. The molecule has 1 aromatic heterocycles. The van der Waals surface area contributed by atoms with Gasteiger partial charge in [-0.25, -0.2) is 4.39 Å². The fourth-order valence-corrected chi connectivity index (χ4v) is 4.04. The Morgan fingerprint density at radius 3 is 2.49 bits per heavy atom. The van der Waals surface area contributed by atoms with Gasteiger partial charge < -0.3 is 15.5 Å². The van der Waals surface area contributed by atoms with Crippen molar-refractivity contribution in [3.8, 4) is 0 Å². The molecule has 2 N–H and O–H groups in total. The normalized spacial score (nSPS) is 17.1. The number of nitrogens with zero attached hydrogens (tertiary/aromatic N) is 3. The summed E-state index contributed by atoms with van der Waals surface area (Å²) in [5, 5.41) is 9.97. The van der Waals surface area contributed by atoms with E-state index in [9.17, 15) is 18.8 Å². The highest BCUT2D eigenvalue weighted by atomic mass is 19.1. The van der Waals surface area contributed by atoms with Crippen molar-refractivity contribution < 1.29 is 18.8 Å². The van der Waals surface area contributed by atoms with Gasteiger partial charge in [-0.2, -0.15) is 5.10 Å². The molecule has 0 fully saturated rings. The molecule has 0 unspecified atom stereocenters. The number of aromatic nitrogens is 2. The van der Waals surface area contributed by atoms with E-state index in [4.69, 9.17) is 0 Å². The molecule has 3 aromatic rings. The molecule has 4 rings (SSSR count). The summed E-state index contributed by atoms with van der Waals surface area (Å²) in [5.41, 5.74) is 1.12. The lowest BCUT2D eigenvalue weighted by Crippen LogP contribution is -2.62. The van der Waals surface area contributed by atoms with E-state index < -0.39 is 11.4 Å². The zero-order valence-electron chi connectivity index (χ0n) is 19.8. The van der Waals surface area contributed by atoms with Crippen molar-refractivity contribution >= 4 is 17.7 Å². The Bertz CT molecular complexity index is 1230. The second-order valence-corrected chi connectivity index (χ2v) is 8.86. The lowest BCUT2D eigenvalue weighted by molar-refractivity contribution is -0.132. The largest absolute Gasteiger partial charge is 0.351 e. The van der Waals surface area contributed by atoms with Gasteiger partial charge in [0.1, 0.15) is 17.1 Å². The SMILES string of the molecule is CN1C(=O)c2cc(C(=O)NCCCc3ccccc3)nn2C[C@]1(C)C(=O)NCc1ccc(F)cc1. The van der Waals surface area contributed by atoms with Crippen molar-refractivity contribution in [1.82, 2.24) is 25.3 Å². The number of amides is 3. The molecule has 8 nitrogen and oxygen atoms in total. The standard InChI is InChI=1S/C26H28FN5O3/c1-26(25(35)29-16-19-10-12-20(27)13-11-19)17-32-22(24(34)31(26)2)15-21(30-32)23(33)28-14-6-9-18-7-4-3-5-8-18/h3-5,7-8,10-13,15H,6,9,14,16-17H2,1-2H3,(H,28,33)(H,29,35)/t26-/m1/s1. The minimum Gasteiger partial charge on any atom is -0.351 e. The Labute approximate surface area is 203 Å². The molecule has 1 aliphatic rings. The summed E-state index contributed by atoms with van der Waals surface area (Å²) >= 11 is 0. The first kappa shape index (κ1) is 24.1. The van der Waals surface area contributed by atoms with Crippen molar-refractivity contribution in [2.75, 3.05) is 13.6 Å². The van der Waals surface area contributed by atoms with Crippen LogP contribution in [0.1, 0.15) is 45.4 Å². The highest BCUT2D eigenvalue weighted by molar-refractivity contribution is 6.01. The summed E-state index contributed by atoms with van der Waals surface area (Å²) in [6.45, 7) is 2.42. The van der Waals surface area contributed by atoms with Gasteiger partial charge >= 0.3 is 0 Å². The molecular formula is C26H28FN5O3. The first-order chi connectivity index (χ1) is 16.8. The maximum Gasteiger partial charge on any atom is 0.272 e. The summed E-state index contributed by atoms with van der Waals surface area (Å²) in [7, 11) is 1.56. The van der Waals surface area contributed by atoms with Crippen LogP contribution < -0.4 is 10.6 Å². The minimum absolute atomic E-state index is 0.0983. The van der Waals surface area contributed by atoms with E-state index in [1.807, 2.05) is 30.3 Å². The van der Waals surface area contributed by atoms with Crippen molar-refractivity contribution in [2.24, 2.45) is 0 Å². The van der Waals surface area contributed by atoms with Gasteiger partial charge in [0.05, 0.1) is 6.54 Å². The predicted octanol–water partition coefficient (Wildman–Crippen LogP) is 2.55. The quantitative estimate of drug-likeness (QED) is 0.488. The molecule has 0 radical (unpaired) electrons. The number of nitrogens with one attached hydrogen (secondary N) is 2. The van der Waals surface area contributed by atoms with Crippen LogP contribution in [0.3, 0.4) is 0 Å². The number of hydrogen-bond donors (Lipinski definition) is 2.